The summed E-state index contributed by atoms with van der Waals surface area (Å²) in [4.78, 5) is 24.1. The lowest BCUT2D eigenvalue weighted by Crippen LogP contribution is -2.28. The average molecular weight is 238 g/mol. The normalized spacial score (nSPS) is 18.9. The lowest BCUT2D eigenvalue weighted by Gasteiger charge is -2.24. The first kappa shape index (κ1) is 14.4. The second-order valence-electron chi connectivity index (χ2n) is 7.70. The highest BCUT2D eigenvalue weighted by molar-refractivity contribution is 5.88. The molecule has 0 unspecified atom stereocenters. The van der Waals surface area contributed by atoms with Crippen LogP contribution in [0, 0.1) is 16.2 Å². The summed E-state index contributed by atoms with van der Waals surface area (Å²) in [6, 6.07) is 0. The molecular weight excluding hydrogens is 212 g/mol. The van der Waals surface area contributed by atoms with E-state index in [2.05, 4.69) is 0 Å². The second kappa shape index (κ2) is 4.22. The maximum atomic E-state index is 12.0. The predicted octanol–water partition coefficient (Wildman–Crippen LogP) is 3.78. The van der Waals surface area contributed by atoms with Gasteiger partial charge in [0.2, 0.25) is 0 Å². The van der Waals surface area contributed by atoms with Crippen LogP contribution in [0.3, 0.4) is 0 Å². The summed E-state index contributed by atoms with van der Waals surface area (Å²) in [5.74, 6) is 0.577. The maximum Gasteiger partial charge on any atom is 0.138 e. The molecule has 0 bridgehead atoms. The van der Waals surface area contributed by atoms with Gasteiger partial charge in [0, 0.05) is 23.7 Å². The van der Waals surface area contributed by atoms with Gasteiger partial charge in [0.1, 0.15) is 11.6 Å². The summed E-state index contributed by atoms with van der Waals surface area (Å²) in [7, 11) is 0. The minimum atomic E-state index is -0.277. The van der Waals surface area contributed by atoms with Crippen LogP contribution in [0.5, 0.6) is 0 Å². The smallest absolute Gasteiger partial charge is 0.138 e. The van der Waals surface area contributed by atoms with Crippen molar-refractivity contribution >= 4 is 11.6 Å². The van der Waals surface area contributed by atoms with Crippen molar-refractivity contribution in [3.8, 4) is 0 Å². The molecule has 0 radical (unpaired) electrons. The summed E-state index contributed by atoms with van der Waals surface area (Å²) < 4.78 is 0. The van der Waals surface area contributed by atoms with Gasteiger partial charge in [0.25, 0.3) is 0 Å². The topological polar surface area (TPSA) is 34.1 Å². The van der Waals surface area contributed by atoms with Crippen LogP contribution in [0.25, 0.3) is 0 Å². The molecule has 1 saturated carbocycles. The molecule has 0 heterocycles. The standard InChI is InChI=1S/C15H26O2/c1-13(2,3)11(16)9-15(7-8-15)10-12(17)14(4,5)6/h7-10H2,1-6H3. The summed E-state index contributed by atoms with van der Waals surface area (Å²) >= 11 is 0. The number of carbonyl (C=O) groups excluding carboxylic acids is 2. The molecule has 0 saturated heterocycles. The van der Waals surface area contributed by atoms with Gasteiger partial charge < -0.3 is 0 Å². The number of ketones is 2. The van der Waals surface area contributed by atoms with Crippen LogP contribution in [0.4, 0.5) is 0 Å². The monoisotopic (exact) mass is 238 g/mol. The lowest BCUT2D eigenvalue weighted by molar-refractivity contribution is -0.130. The van der Waals surface area contributed by atoms with E-state index < -0.39 is 0 Å². The largest absolute Gasteiger partial charge is 0.299 e. The number of Topliss-reactive ketones (excluding diaryl/α,β-unsaturated/α-hetero) is 2. The zero-order valence-corrected chi connectivity index (χ0v) is 12.1. The Morgan fingerprint density at radius 2 is 1.12 bits per heavy atom. The van der Waals surface area contributed by atoms with Crippen molar-refractivity contribution in [2.75, 3.05) is 0 Å². The fourth-order valence-electron chi connectivity index (χ4n) is 1.80. The van der Waals surface area contributed by atoms with Gasteiger partial charge in [-0.2, -0.15) is 0 Å². The van der Waals surface area contributed by atoms with Crippen LogP contribution < -0.4 is 0 Å². The Balaban J connectivity index is 2.60. The van der Waals surface area contributed by atoms with Crippen molar-refractivity contribution in [3.05, 3.63) is 0 Å². The molecule has 1 aliphatic carbocycles. The quantitative estimate of drug-likeness (QED) is 0.747. The van der Waals surface area contributed by atoms with Gasteiger partial charge in [-0.3, -0.25) is 9.59 Å². The van der Waals surface area contributed by atoms with Gasteiger partial charge in [0.15, 0.2) is 0 Å². The van der Waals surface area contributed by atoms with Gasteiger partial charge in [-0.1, -0.05) is 41.5 Å². The number of hydrogen-bond donors (Lipinski definition) is 0. The van der Waals surface area contributed by atoms with Gasteiger partial charge in [-0.05, 0) is 18.3 Å². The Kier molecular flexibility index (Phi) is 3.58. The van der Waals surface area contributed by atoms with Gasteiger partial charge in [-0.15, -0.1) is 0 Å². The third-order valence-corrected chi connectivity index (χ3v) is 3.70. The number of rotatable bonds is 4. The molecule has 0 aromatic rings. The van der Waals surface area contributed by atoms with E-state index in [0.717, 1.165) is 12.8 Å². The molecule has 0 spiro atoms. The highest BCUT2D eigenvalue weighted by Crippen LogP contribution is 2.54. The van der Waals surface area contributed by atoms with Crippen molar-refractivity contribution < 1.29 is 9.59 Å². The van der Waals surface area contributed by atoms with Crippen LogP contribution in [0.1, 0.15) is 67.2 Å². The highest BCUT2D eigenvalue weighted by atomic mass is 16.1. The predicted molar refractivity (Wildman–Crippen MR) is 69.8 cm³/mol. The minimum Gasteiger partial charge on any atom is -0.299 e. The number of hydrogen-bond acceptors (Lipinski definition) is 2. The van der Waals surface area contributed by atoms with Crippen LogP contribution in [0.15, 0.2) is 0 Å². The molecule has 0 aromatic heterocycles. The molecule has 0 atom stereocenters. The van der Waals surface area contributed by atoms with Gasteiger partial charge >= 0.3 is 0 Å². The van der Waals surface area contributed by atoms with E-state index in [1.165, 1.54) is 0 Å². The molecule has 0 aliphatic heterocycles. The minimum absolute atomic E-state index is 0.00866. The third-order valence-electron chi connectivity index (χ3n) is 3.70. The van der Waals surface area contributed by atoms with E-state index in [1.807, 2.05) is 41.5 Å². The average Bonchev–Trinajstić information content (AvgIpc) is 2.81. The SMILES string of the molecule is CC(C)(C)C(=O)CC1(CC(=O)C(C)(C)C)CC1. The van der Waals surface area contributed by atoms with Crippen molar-refractivity contribution in [2.24, 2.45) is 16.2 Å². The molecule has 17 heavy (non-hydrogen) atoms. The lowest BCUT2D eigenvalue weighted by atomic mass is 9.78. The first-order valence-corrected chi connectivity index (χ1v) is 6.53. The van der Waals surface area contributed by atoms with Crippen LogP contribution in [0.2, 0.25) is 0 Å². The molecule has 2 heteroatoms. The molecule has 1 aliphatic rings. The van der Waals surface area contributed by atoms with Crippen LogP contribution in [-0.4, -0.2) is 11.6 Å². The Morgan fingerprint density at radius 3 is 1.29 bits per heavy atom. The van der Waals surface area contributed by atoms with E-state index in [1.54, 1.807) is 0 Å². The zero-order valence-electron chi connectivity index (χ0n) is 12.1. The van der Waals surface area contributed by atoms with Crippen LogP contribution in [-0.2, 0) is 9.59 Å². The maximum absolute atomic E-state index is 12.0. The van der Waals surface area contributed by atoms with E-state index in [-0.39, 0.29) is 27.8 Å². The Hall–Kier alpha value is -0.660. The fraction of sp³-hybridized carbons (Fsp3) is 0.867. The van der Waals surface area contributed by atoms with Crippen molar-refractivity contribution in [3.63, 3.8) is 0 Å². The van der Waals surface area contributed by atoms with E-state index in [9.17, 15) is 9.59 Å². The Morgan fingerprint density at radius 1 is 0.824 bits per heavy atom. The molecule has 98 valence electrons. The molecule has 0 N–H and O–H groups in total. The first-order valence-electron chi connectivity index (χ1n) is 6.53. The number of carbonyl (C=O) groups is 2. The second-order valence-corrected chi connectivity index (χ2v) is 7.70. The highest BCUT2D eigenvalue weighted by Gasteiger charge is 2.48. The molecule has 0 aromatic carbocycles. The first-order chi connectivity index (χ1) is 7.46. The zero-order chi connectivity index (χ0) is 13.5. The van der Waals surface area contributed by atoms with E-state index in [4.69, 9.17) is 0 Å². The van der Waals surface area contributed by atoms with Gasteiger partial charge in [0.05, 0.1) is 0 Å². The van der Waals surface area contributed by atoms with E-state index >= 15 is 0 Å². The van der Waals surface area contributed by atoms with Gasteiger partial charge in [-0.25, -0.2) is 0 Å². The van der Waals surface area contributed by atoms with Crippen LogP contribution >= 0.6 is 0 Å². The molecular formula is C15H26O2. The third kappa shape index (κ3) is 3.93. The summed E-state index contributed by atoms with van der Waals surface area (Å²) in [6.07, 6.45) is 3.24. The Bertz CT molecular complexity index is 292. The molecule has 0 amide bonds. The fourth-order valence-corrected chi connectivity index (χ4v) is 1.80. The van der Waals surface area contributed by atoms with Crippen molar-refractivity contribution in [1.29, 1.82) is 0 Å². The molecule has 2 nitrogen and oxygen atoms in total. The van der Waals surface area contributed by atoms with Crippen molar-refractivity contribution in [2.45, 2.75) is 67.2 Å². The molecule has 1 rings (SSSR count). The molecule has 1 fully saturated rings. The van der Waals surface area contributed by atoms with Crippen molar-refractivity contribution in [1.82, 2.24) is 0 Å². The summed E-state index contributed by atoms with van der Waals surface area (Å²) in [5.41, 5.74) is -0.546. The van der Waals surface area contributed by atoms with E-state index in [0.29, 0.717) is 12.8 Å². The Labute approximate surface area is 105 Å². The summed E-state index contributed by atoms with van der Waals surface area (Å²) in [6.45, 7) is 11.7. The summed E-state index contributed by atoms with van der Waals surface area (Å²) in [5, 5.41) is 0.